The zero-order valence-corrected chi connectivity index (χ0v) is 13.7. The minimum Gasteiger partial charge on any atom is -0.478 e. The molecular weight excluding hydrogens is 343 g/mol. The molecule has 2 aromatic carbocycles. The van der Waals surface area contributed by atoms with Gasteiger partial charge in [-0.3, -0.25) is 0 Å². The second-order valence-electron chi connectivity index (χ2n) is 5.82. The van der Waals surface area contributed by atoms with Crippen LogP contribution in [-0.4, -0.2) is 16.1 Å². The molecule has 3 rings (SSSR count). The summed E-state index contributed by atoms with van der Waals surface area (Å²) in [7, 11) is 0. The van der Waals surface area contributed by atoms with Crippen LogP contribution in [0.3, 0.4) is 0 Å². The van der Waals surface area contributed by atoms with Gasteiger partial charge in [0.05, 0.1) is 11.3 Å². The maximum Gasteiger partial charge on any atom is 0.433 e. The highest BCUT2D eigenvalue weighted by Gasteiger charge is 2.35. The number of carbonyl (C=O) groups is 1. The summed E-state index contributed by atoms with van der Waals surface area (Å²) in [6.07, 6.45) is -4.70. The average molecular weight is 357 g/mol. The van der Waals surface area contributed by atoms with Crippen LogP contribution >= 0.6 is 0 Å². The molecule has 1 N–H and O–H groups in total. The molecule has 0 aliphatic heterocycles. The lowest BCUT2D eigenvalue weighted by atomic mass is 9.94. The zero-order valence-electron chi connectivity index (χ0n) is 13.7. The van der Waals surface area contributed by atoms with Crippen molar-refractivity contribution in [3.8, 4) is 22.4 Å². The first-order chi connectivity index (χ1) is 12.3. The molecule has 0 unspecified atom stereocenters. The predicted molar refractivity (Wildman–Crippen MR) is 91.8 cm³/mol. The lowest BCUT2D eigenvalue weighted by Crippen LogP contribution is -2.13. The van der Waals surface area contributed by atoms with Crippen molar-refractivity contribution in [1.29, 1.82) is 0 Å². The molecule has 132 valence electrons. The predicted octanol–water partition coefficient (Wildman–Crippen LogP) is 5.44. The standard InChI is InChI=1S/C20H14F3NO2/c1-12-6-5-9-14(10-12)15-11-16(20(21,22)23)24-18(17(15)19(25)26)13-7-3-2-4-8-13/h2-11H,1H3,(H,25,26). The van der Waals surface area contributed by atoms with Crippen LogP contribution < -0.4 is 0 Å². The van der Waals surface area contributed by atoms with Crippen LogP contribution in [0.25, 0.3) is 22.4 Å². The Balaban J connectivity index is 2.40. The van der Waals surface area contributed by atoms with E-state index in [1.54, 1.807) is 49.4 Å². The van der Waals surface area contributed by atoms with Gasteiger partial charge in [-0.15, -0.1) is 0 Å². The van der Waals surface area contributed by atoms with Gasteiger partial charge in [-0.05, 0) is 18.6 Å². The van der Waals surface area contributed by atoms with E-state index < -0.39 is 17.8 Å². The van der Waals surface area contributed by atoms with Crippen molar-refractivity contribution in [2.75, 3.05) is 0 Å². The van der Waals surface area contributed by atoms with Crippen molar-refractivity contribution >= 4 is 5.97 Å². The molecule has 0 saturated heterocycles. The SMILES string of the molecule is Cc1cccc(-c2cc(C(F)(F)F)nc(-c3ccccc3)c2C(=O)O)c1. The molecule has 1 heterocycles. The third-order valence-corrected chi connectivity index (χ3v) is 3.90. The summed E-state index contributed by atoms with van der Waals surface area (Å²) in [5.74, 6) is -1.33. The van der Waals surface area contributed by atoms with Gasteiger partial charge in [0.2, 0.25) is 0 Å². The highest BCUT2D eigenvalue weighted by atomic mass is 19.4. The van der Waals surface area contributed by atoms with Gasteiger partial charge in [-0.1, -0.05) is 60.2 Å². The van der Waals surface area contributed by atoms with Gasteiger partial charge >= 0.3 is 12.1 Å². The van der Waals surface area contributed by atoms with E-state index in [4.69, 9.17) is 0 Å². The molecule has 3 nitrogen and oxygen atoms in total. The Labute approximate surface area is 147 Å². The Kier molecular flexibility index (Phi) is 4.50. The summed E-state index contributed by atoms with van der Waals surface area (Å²) < 4.78 is 40.1. The molecule has 0 bridgehead atoms. The summed E-state index contributed by atoms with van der Waals surface area (Å²) in [5, 5.41) is 9.71. The Bertz CT molecular complexity index is 967. The van der Waals surface area contributed by atoms with E-state index in [1.165, 1.54) is 12.1 Å². The van der Waals surface area contributed by atoms with Crippen LogP contribution in [0.2, 0.25) is 0 Å². The number of alkyl halides is 3. The third kappa shape index (κ3) is 3.44. The maximum absolute atomic E-state index is 13.4. The quantitative estimate of drug-likeness (QED) is 0.679. The normalized spacial score (nSPS) is 11.4. The van der Waals surface area contributed by atoms with Crippen molar-refractivity contribution < 1.29 is 23.1 Å². The van der Waals surface area contributed by atoms with Crippen molar-refractivity contribution in [3.05, 3.63) is 77.5 Å². The number of carboxylic acids is 1. The second-order valence-corrected chi connectivity index (χ2v) is 5.82. The summed E-state index contributed by atoms with van der Waals surface area (Å²) in [4.78, 5) is 15.6. The fourth-order valence-corrected chi connectivity index (χ4v) is 2.75. The first-order valence-corrected chi connectivity index (χ1v) is 7.75. The highest BCUT2D eigenvalue weighted by Crippen LogP contribution is 2.37. The molecule has 3 aromatic rings. The van der Waals surface area contributed by atoms with Crippen LogP contribution in [0.5, 0.6) is 0 Å². The van der Waals surface area contributed by atoms with Crippen molar-refractivity contribution in [1.82, 2.24) is 4.98 Å². The maximum atomic E-state index is 13.4. The van der Waals surface area contributed by atoms with E-state index >= 15 is 0 Å². The number of aryl methyl sites for hydroxylation is 1. The summed E-state index contributed by atoms with van der Waals surface area (Å²) in [6.45, 7) is 1.79. The lowest BCUT2D eigenvalue weighted by Gasteiger charge is -2.16. The summed E-state index contributed by atoms with van der Waals surface area (Å²) in [5.41, 5.74) is -0.0812. The Hall–Kier alpha value is -3.15. The number of rotatable bonds is 3. The van der Waals surface area contributed by atoms with E-state index in [2.05, 4.69) is 4.98 Å². The molecule has 26 heavy (non-hydrogen) atoms. The molecule has 0 saturated carbocycles. The van der Waals surface area contributed by atoms with E-state index in [0.29, 0.717) is 11.1 Å². The van der Waals surface area contributed by atoms with E-state index in [9.17, 15) is 23.1 Å². The average Bonchev–Trinajstić information content (AvgIpc) is 2.60. The van der Waals surface area contributed by atoms with Crippen LogP contribution in [0.15, 0.2) is 60.7 Å². The number of nitrogens with zero attached hydrogens (tertiary/aromatic N) is 1. The Morgan fingerprint density at radius 2 is 1.62 bits per heavy atom. The number of hydrogen-bond donors (Lipinski definition) is 1. The van der Waals surface area contributed by atoms with Crippen LogP contribution in [0.1, 0.15) is 21.6 Å². The number of benzene rings is 2. The monoisotopic (exact) mass is 357 g/mol. The number of halogens is 3. The molecule has 0 atom stereocenters. The fourth-order valence-electron chi connectivity index (χ4n) is 2.75. The van der Waals surface area contributed by atoms with Crippen molar-refractivity contribution in [3.63, 3.8) is 0 Å². The molecule has 0 amide bonds. The van der Waals surface area contributed by atoms with Gasteiger partial charge in [0.1, 0.15) is 5.69 Å². The Morgan fingerprint density at radius 3 is 2.19 bits per heavy atom. The van der Waals surface area contributed by atoms with Gasteiger partial charge in [0.15, 0.2) is 0 Å². The summed E-state index contributed by atoms with van der Waals surface area (Å²) >= 11 is 0. The first kappa shape index (κ1) is 17.7. The zero-order chi connectivity index (χ0) is 18.9. The van der Waals surface area contributed by atoms with Crippen LogP contribution in [0.4, 0.5) is 13.2 Å². The largest absolute Gasteiger partial charge is 0.478 e. The lowest BCUT2D eigenvalue weighted by molar-refractivity contribution is -0.141. The van der Waals surface area contributed by atoms with E-state index in [-0.39, 0.29) is 16.8 Å². The number of hydrogen-bond acceptors (Lipinski definition) is 2. The molecule has 0 fully saturated rings. The number of carboxylic acid groups (broad SMARTS) is 1. The molecule has 0 aliphatic rings. The third-order valence-electron chi connectivity index (χ3n) is 3.90. The topological polar surface area (TPSA) is 50.2 Å². The Morgan fingerprint density at radius 1 is 0.962 bits per heavy atom. The molecular formula is C20H14F3NO2. The molecule has 0 spiro atoms. The van der Waals surface area contributed by atoms with Gasteiger partial charge in [0.25, 0.3) is 0 Å². The highest BCUT2D eigenvalue weighted by molar-refractivity contribution is 6.02. The molecule has 1 aromatic heterocycles. The first-order valence-electron chi connectivity index (χ1n) is 7.75. The number of aromatic carboxylic acids is 1. The smallest absolute Gasteiger partial charge is 0.433 e. The second kappa shape index (κ2) is 6.63. The van der Waals surface area contributed by atoms with Gasteiger partial charge in [-0.25, -0.2) is 9.78 Å². The molecule has 0 radical (unpaired) electrons. The van der Waals surface area contributed by atoms with Crippen molar-refractivity contribution in [2.24, 2.45) is 0 Å². The summed E-state index contributed by atoms with van der Waals surface area (Å²) in [6, 6.07) is 15.5. The molecule has 6 heteroatoms. The number of aromatic nitrogens is 1. The van der Waals surface area contributed by atoms with E-state index in [0.717, 1.165) is 11.6 Å². The van der Waals surface area contributed by atoms with Gasteiger partial charge < -0.3 is 5.11 Å². The van der Waals surface area contributed by atoms with Gasteiger partial charge in [0, 0.05) is 11.1 Å². The van der Waals surface area contributed by atoms with Crippen LogP contribution in [-0.2, 0) is 6.18 Å². The molecule has 0 aliphatic carbocycles. The van der Waals surface area contributed by atoms with Crippen LogP contribution in [0, 0.1) is 6.92 Å². The minimum absolute atomic E-state index is 0.0117. The van der Waals surface area contributed by atoms with E-state index in [1.807, 2.05) is 0 Å². The van der Waals surface area contributed by atoms with Gasteiger partial charge in [-0.2, -0.15) is 13.2 Å². The van der Waals surface area contributed by atoms with Crippen molar-refractivity contribution in [2.45, 2.75) is 13.1 Å². The fraction of sp³-hybridized carbons (Fsp3) is 0.100. The minimum atomic E-state index is -4.70. The number of pyridine rings is 1.